The summed E-state index contributed by atoms with van der Waals surface area (Å²) in [6.07, 6.45) is 1.19. The summed E-state index contributed by atoms with van der Waals surface area (Å²) in [6.45, 7) is 0. The Morgan fingerprint density at radius 2 is 2.40 bits per heavy atom. The van der Waals surface area contributed by atoms with Gasteiger partial charge in [-0.15, -0.1) is 0 Å². The smallest absolute Gasteiger partial charge is 0.355 e. The molecule has 5 nitrogen and oxygen atoms in total. The van der Waals surface area contributed by atoms with Crippen LogP contribution in [0.25, 0.3) is 0 Å². The van der Waals surface area contributed by atoms with Gasteiger partial charge < -0.3 is 10.2 Å². The second-order valence-corrected chi connectivity index (χ2v) is 1.70. The first-order valence-corrected chi connectivity index (χ1v) is 2.62. The van der Waals surface area contributed by atoms with Crippen LogP contribution in [0.5, 0.6) is 0 Å². The van der Waals surface area contributed by atoms with Crippen LogP contribution in [-0.2, 0) is 4.79 Å². The molecule has 54 valence electrons. The van der Waals surface area contributed by atoms with E-state index in [-0.39, 0.29) is 0 Å². The van der Waals surface area contributed by atoms with Crippen LogP contribution in [0.4, 0.5) is 0 Å². The van der Waals surface area contributed by atoms with E-state index in [0.29, 0.717) is 0 Å². The van der Waals surface area contributed by atoms with Crippen molar-refractivity contribution in [2.75, 3.05) is 0 Å². The quantitative estimate of drug-likeness (QED) is 0.581. The summed E-state index contributed by atoms with van der Waals surface area (Å²) >= 11 is 0. The van der Waals surface area contributed by atoms with Gasteiger partial charge in [0.2, 0.25) is 6.23 Å². The van der Waals surface area contributed by atoms with Gasteiger partial charge in [-0.05, 0) is 6.07 Å². The summed E-state index contributed by atoms with van der Waals surface area (Å²) in [5.41, 5.74) is 0. The highest BCUT2D eigenvalue weighted by Gasteiger charge is 2.13. The van der Waals surface area contributed by atoms with Crippen molar-refractivity contribution in [1.29, 1.82) is 0 Å². The summed E-state index contributed by atoms with van der Waals surface area (Å²) in [7, 11) is 0. The largest absolute Gasteiger partial charge is 0.478 e. The zero-order valence-electron chi connectivity index (χ0n) is 5.01. The van der Waals surface area contributed by atoms with Crippen LogP contribution >= 0.6 is 0 Å². The molecule has 1 aromatic rings. The fraction of sp³-hybridized carbons (Fsp3) is 0.200. The highest BCUT2D eigenvalue weighted by atomic mass is 16.4. The van der Waals surface area contributed by atoms with E-state index in [9.17, 15) is 4.79 Å². The topological polar surface area (TPSA) is 75.3 Å². The Hall–Kier alpha value is -1.36. The van der Waals surface area contributed by atoms with Crippen molar-refractivity contribution in [3.63, 3.8) is 0 Å². The number of rotatable bonds is 2. The number of aromatic nitrogens is 2. The van der Waals surface area contributed by atoms with Gasteiger partial charge in [0, 0.05) is 12.4 Å². The van der Waals surface area contributed by atoms with Gasteiger partial charge in [0.25, 0.3) is 0 Å². The molecular weight excluding hydrogens is 136 g/mol. The average molecular weight is 142 g/mol. The number of carboxylic acid groups (broad SMARTS) is 1. The first-order chi connectivity index (χ1) is 4.72. The monoisotopic (exact) mass is 142 g/mol. The lowest BCUT2D eigenvalue weighted by Gasteiger charge is -2.03. The first-order valence-electron chi connectivity index (χ1n) is 2.62. The van der Waals surface area contributed by atoms with Crippen molar-refractivity contribution >= 4 is 5.97 Å². The van der Waals surface area contributed by atoms with Crippen LogP contribution in [0.15, 0.2) is 18.5 Å². The number of carbonyl (C=O) groups is 1. The lowest BCUT2D eigenvalue weighted by Crippen LogP contribution is -2.18. The molecule has 0 radical (unpaired) electrons. The maximum absolute atomic E-state index is 10.1. The molecule has 0 aliphatic carbocycles. The number of aliphatic carboxylic acids is 1. The van der Waals surface area contributed by atoms with E-state index in [0.717, 1.165) is 4.68 Å². The van der Waals surface area contributed by atoms with Crippen LogP contribution in [0.3, 0.4) is 0 Å². The van der Waals surface area contributed by atoms with E-state index in [1.165, 1.54) is 18.5 Å². The highest BCUT2D eigenvalue weighted by molar-refractivity contribution is 5.69. The molecular formula is C5H6N2O3. The standard InChI is InChI=1S/C5H6N2O3/c8-4(5(9)10)7-3-1-2-6-7/h1-4,8H,(H,9,10). The third-order valence-corrected chi connectivity index (χ3v) is 0.996. The molecule has 1 unspecified atom stereocenters. The Kier molecular flexibility index (Phi) is 1.68. The fourth-order valence-electron chi connectivity index (χ4n) is 0.538. The molecule has 0 amide bonds. The molecule has 1 aromatic heterocycles. The Morgan fingerprint density at radius 3 is 2.80 bits per heavy atom. The third kappa shape index (κ3) is 1.14. The molecule has 0 saturated carbocycles. The molecule has 0 aliphatic heterocycles. The van der Waals surface area contributed by atoms with Crippen LogP contribution in [0, 0.1) is 0 Å². The van der Waals surface area contributed by atoms with Gasteiger partial charge in [0.15, 0.2) is 0 Å². The van der Waals surface area contributed by atoms with E-state index in [2.05, 4.69) is 5.10 Å². The normalized spacial score (nSPS) is 12.9. The molecule has 10 heavy (non-hydrogen) atoms. The summed E-state index contributed by atoms with van der Waals surface area (Å²) in [4.78, 5) is 10.1. The van der Waals surface area contributed by atoms with E-state index in [1.54, 1.807) is 0 Å². The SMILES string of the molecule is O=C(O)C(O)n1cccn1. The maximum Gasteiger partial charge on any atom is 0.355 e. The van der Waals surface area contributed by atoms with Gasteiger partial charge in [-0.1, -0.05) is 0 Å². The summed E-state index contributed by atoms with van der Waals surface area (Å²) in [5, 5.41) is 20.6. The second-order valence-electron chi connectivity index (χ2n) is 1.70. The zero-order valence-corrected chi connectivity index (χ0v) is 5.01. The predicted octanol–water partition coefficient (Wildman–Crippen LogP) is -0.541. The van der Waals surface area contributed by atoms with Crippen LogP contribution < -0.4 is 0 Å². The van der Waals surface area contributed by atoms with Crippen molar-refractivity contribution in [2.45, 2.75) is 6.23 Å². The molecule has 1 heterocycles. The Bertz CT molecular complexity index is 219. The van der Waals surface area contributed by atoms with Crippen molar-refractivity contribution in [3.05, 3.63) is 18.5 Å². The van der Waals surface area contributed by atoms with E-state index in [1.807, 2.05) is 0 Å². The Labute approximate surface area is 56.5 Å². The molecule has 0 bridgehead atoms. The number of aliphatic hydroxyl groups is 1. The van der Waals surface area contributed by atoms with Gasteiger partial charge in [-0.3, -0.25) is 0 Å². The van der Waals surface area contributed by atoms with Crippen LogP contribution in [0.1, 0.15) is 6.23 Å². The minimum absolute atomic E-state index is 0.947. The van der Waals surface area contributed by atoms with Crippen molar-refractivity contribution in [3.8, 4) is 0 Å². The van der Waals surface area contributed by atoms with Crippen LogP contribution in [-0.4, -0.2) is 26.0 Å². The third-order valence-electron chi connectivity index (χ3n) is 0.996. The number of hydrogen-bond acceptors (Lipinski definition) is 3. The highest BCUT2D eigenvalue weighted by Crippen LogP contribution is 1.97. The zero-order chi connectivity index (χ0) is 7.56. The summed E-state index contributed by atoms with van der Waals surface area (Å²) in [6, 6.07) is 1.53. The molecule has 0 aromatic carbocycles. The molecule has 1 rings (SSSR count). The number of carboxylic acids is 1. The lowest BCUT2D eigenvalue weighted by atomic mass is 10.6. The van der Waals surface area contributed by atoms with Gasteiger partial charge in [-0.25, -0.2) is 9.48 Å². The van der Waals surface area contributed by atoms with Crippen molar-refractivity contribution < 1.29 is 15.0 Å². The summed E-state index contributed by atoms with van der Waals surface area (Å²) < 4.78 is 0.947. The minimum Gasteiger partial charge on any atom is -0.478 e. The molecule has 0 spiro atoms. The van der Waals surface area contributed by atoms with Gasteiger partial charge in [0.1, 0.15) is 0 Å². The average Bonchev–Trinajstić information content (AvgIpc) is 2.36. The molecule has 1 atom stereocenters. The minimum atomic E-state index is -1.57. The van der Waals surface area contributed by atoms with E-state index < -0.39 is 12.2 Å². The molecule has 0 aliphatic rings. The number of nitrogens with zero attached hydrogens (tertiary/aromatic N) is 2. The predicted molar refractivity (Wildman–Crippen MR) is 31.1 cm³/mol. The van der Waals surface area contributed by atoms with Gasteiger partial charge in [-0.2, -0.15) is 5.10 Å². The van der Waals surface area contributed by atoms with Gasteiger partial charge >= 0.3 is 5.97 Å². The van der Waals surface area contributed by atoms with Crippen molar-refractivity contribution in [2.24, 2.45) is 0 Å². The second kappa shape index (κ2) is 2.49. The maximum atomic E-state index is 10.1. The van der Waals surface area contributed by atoms with Gasteiger partial charge in [0.05, 0.1) is 0 Å². The Balaban J connectivity index is 2.77. The molecule has 0 saturated heterocycles. The summed E-state index contributed by atoms with van der Waals surface area (Å²) in [5.74, 6) is -1.32. The van der Waals surface area contributed by atoms with Crippen LogP contribution in [0.2, 0.25) is 0 Å². The van der Waals surface area contributed by atoms with Crippen molar-refractivity contribution in [1.82, 2.24) is 9.78 Å². The molecule has 2 N–H and O–H groups in total. The van der Waals surface area contributed by atoms with E-state index >= 15 is 0 Å². The lowest BCUT2D eigenvalue weighted by molar-refractivity contribution is -0.152. The number of hydrogen-bond donors (Lipinski definition) is 2. The molecule has 0 fully saturated rings. The molecule has 5 heteroatoms. The Morgan fingerprint density at radius 1 is 1.70 bits per heavy atom. The first kappa shape index (κ1) is 6.76. The number of aliphatic hydroxyl groups excluding tert-OH is 1. The fourth-order valence-corrected chi connectivity index (χ4v) is 0.538. The van der Waals surface area contributed by atoms with E-state index in [4.69, 9.17) is 10.2 Å².